The molecule has 9 heteroatoms. The van der Waals surface area contributed by atoms with Crippen LogP contribution in [0.5, 0.6) is 23.0 Å². The summed E-state index contributed by atoms with van der Waals surface area (Å²) in [5, 5.41) is 52.1. The van der Waals surface area contributed by atoms with Gasteiger partial charge in [-0.15, -0.1) is 0 Å². The molecule has 0 atom stereocenters. The van der Waals surface area contributed by atoms with Crippen LogP contribution in [0.15, 0.2) is 36.4 Å². The first-order valence-electron chi connectivity index (χ1n) is 5.73. The third kappa shape index (κ3) is 6.07. The van der Waals surface area contributed by atoms with Gasteiger partial charge in [-0.3, -0.25) is 0 Å². The molecule has 6 N–H and O–H groups in total. The molecule has 0 aliphatic carbocycles. The molecule has 0 saturated heterocycles. The zero-order valence-corrected chi connectivity index (χ0v) is 11.0. The third-order valence-electron chi connectivity index (χ3n) is 2.44. The van der Waals surface area contributed by atoms with Crippen LogP contribution in [-0.2, 0) is 0 Å². The molecule has 8 nitrogen and oxygen atoms in total. The van der Waals surface area contributed by atoms with E-state index in [4.69, 9.17) is 30.6 Å². The van der Waals surface area contributed by atoms with Crippen molar-refractivity contribution in [1.82, 2.24) is 0 Å². The predicted octanol–water partition coefficient (Wildman–Crippen LogP) is 0.943. The van der Waals surface area contributed by atoms with Gasteiger partial charge in [0.1, 0.15) is 0 Å². The molecule has 0 amide bonds. The van der Waals surface area contributed by atoms with Gasteiger partial charge in [0.05, 0.1) is 11.1 Å². The standard InChI is InChI=1S/2C7H6O4.Na.H/c2*8-5-2-1-4(7(10)11)3-6(5)9;;/h2*1-3,8-9H,(H,10,11);;. The Hall–Kier alpha value is -2.42. The monoisotopic (exact) mass is 332 g/mol. The van der Waals surface area contributed by atoms with E-state index in [0.29, 0.717) is 0 Å². The molecule has 0 saturated carbocycles. The van der Waals surface area contributed by atoms with Crippen LogP contribution >= 0.6 is 0 Å². The number of carboxylic acids is 2. The molecule has 0 heterocycles. The summed E-state index contributed by atoms with van der Waals surface area (Å²) in [6, 6.07) is 6.63. The summed E-state index contributed by atoms with van der Waals surface area (Å²) in [7, 11) is 0. The molecular weight excluding hydrogens is 319 g/mol. The van der Waals surface area contributed by atoms with Crippen LogP contribution in [0.4, 0.5) is 0 Å². The molecule has 2 aromatic carbocycles. The molecule has 0 fully saturated rings. The zero-order valence-electron chi connectivity index (χ0n) is 11.0. The van der Waals surface area contributed by atoms with Gasteiger partial charge in [-0.2, -0.15) is 0 Å². The molecular formula is C14H13NaO8. The summed E-state index contributed by atoms with van der Waals surface area (Å²) in [6.45, 7) is 0. The van der Waals surface area contributed by atoms with Crippen LogP contribution in [0.3, 0.4) is 0 Å². The number of aromatic hydroxyl groups is 4. The number of hydrogen-bond acceptors (Lipinski definition) is 6. The average Bonchev–Trinajstić information content (AvgIpc) is 2.45. The third-order valence-corrected chi connectivity index (χ3v) is 2.44. The van der Waals surface area contributed by atoms with Gasteiger partial charge in [0, 0.05) is 0 Å². The Morgan fingerprint density at radius 1 is 0.609 bits per heavy atom. The van der Waals surface area contributed by atoms with E-state index in [1.807, 2.05) is 0 Å². The SMILES string of the molecule is O=C(O)c1ccc(O)c(O)c1.O=C(O)c1ccc(O)c(O)c1.[NaH]. The minimum absolute atomic E-state index is 0. The van der Waals surface area contributed by atoms with Crippen molar-refractivity contribution in [2.75, 3.05) is 0 Å². The number of benzene rings is 2. The van der Waals surface area contributed by atoms with Gasteiger partial charge >= 0.3 is 41.5 Å². The number of aromatic carboxylic acids is 2. The average molecular weight is 332 g/mol. The van der Waals surface area contributed by atoms with Crippen LogP contribution in [0.25, 0.3) is 0 Å². The molecule has 2 aromatic rings. The first kappa shape index (κ1) is 20.6. The summed E-state index contributed by atoms with van der Waals surface area (Å²) < 4.78 is 0. The van der Waals surface area contributed by atoms with E-state index in [1.165, 1.54) is 12.1 Å². The van der Waals surface area contributed by atoms with E-state index in [1.54, 1.807) is 0 Å². The Kier molecular flexibility index (Phi) is 7.95. The van der Waals surface area contributed by atoms with E-state index in [-0.39, 0.29) is 52.2 Å². The maximum absolute atomic E-state index is 10.3. The summed E-state index contributed by atoms with van der Waals surface area (Å²) >= 11 is 0. The van der Waals surface area contributed by atoms with Gasteiger partial charge in [-0.1, -0.05) is 0 Å². The van der Waals surface area contributed by atoms with E-state index < -0.39 is 23.4 Å². The van der Waals surface area contributed by atoms with Crippen LogP contribution < -0.4 is 0 Å². The van der Waals surface area contributed by atoms with Gasteiger partial charge in [0.2, 0.25) is 0 Å². The fourth-order valence-corrected chi connectivity index (χ4v) is 1.31. The fraction of sp³-hybridized carbons (Fsp3) is 0. The topological polar surface area (TPSA) is 156 Å². The minimum atomic E-state index is -1.14. The number of phenols is 4. The summed E-state index contributed by atoms with van der Waals surface area (Å²) in [4.78, 5) is 20.5. The van der Waals surface area contributed by atoms with E-state index >= 15 is 0 Å². The van der Waals surface area contributed by atoms with Crippen LogP contribution in [0.1, 0.15) is 20.7 Å². The van der Waals surface area contributed by atoms with Gasteiger partial charge in [-0.05, 0) is 36.4 Å². The molecule has 0 aromatic heterocycles. The summed E-state index contributed by atoms with van der Waals surface area (Å²) in [6.07, 6.45) is 0. The number of phenolic OH excluding ortho intramolecular Hbond substituents is 4. The van der Waals surface area contributed by atoms with Gasteiger partial charge in [-0.25, -0.2) is 9.59 Å². The Bertz CT molecular complexity index is 652. The molecule has 0 unspecified atom stereocenters. The molecule has 0 aliphatic heterocycles. The van der Waals surface area contributed by atoms with Crippen molar-refractivity contribution in [2.45, 2.75) is 0 Å². The molecule has 118 valence electrons. The van der Waals surface area contributed by atoms with E-state index in [2.05, 4.69) is 0 Å². The Labute approximate surface area is 152 Å². The quantitative estimate of drug-likeness (QED) is 0.350. The van der Waals surface area contributed by atoms with Gasteiger partial charge < -0.3 is 30.6 Å². The molecule has 0 aliphatic rings. The second kappa shape index (κ2) is 8.89. The number of hydrogen-bond donors (Lipinski definition) is 6. The van der Waals surface area contributed by atoms with Crippen molar-refractivity contribution in [1.29, 1.82) is 0 Å². The molecule has 0 spiro atoms. The summed E-state index contributed by atoms with van der Waals surface area (Å²) in [5.41, 5.74) is -0.111. The van der Waals surface area contributed by atoms with E-state index in [0.717, 1.165) is 24.3 Å². The number of carbonyl (C=O) groups is 2. The molecule has 0 radical (unpaired) electrons. The van der Waals surface area contributed by atoms with Crippen LogP contribution in [-0.4, -0.2) is 72.1 Å². The van der Waals surface area contributed by atoms with Crippen molar-refractivity contribution < 1.29 is 40.2 Å². The molecule has 2 rings (SSSR count). The van der Waals surface area contributed by atoms with Gasteiger partial charge in [0.15, 0.2) is 23.0 Å². The fourth-order valence-electron chi connectivity index (χ4n) is 1.31. The van der Waals surface area contributed by atoms with E-state index in [9.17, 15) is 9.59 Å². The predicted molar refractivity (Wildman–Crippen MR) is 80.6 cm³/mol. The molecule has 0 bridgehead atoms. The first-order chi connectivity index (χ1) is 10.2. The van der Waals surface area contributed by atoms with Crippen molar-refractivity contribution in [3.8, 4) is 23.0 Å². The second-order valence-corrected chi connectivity index (χ2v) is 4.02. The number of rotatable bonds is 2. The zero-order chi connectivity index (χ0) is 16.9. The Morgan fingerprint density at radius 3 is 1.13 bits per heavy atom. The normalized spacial score (nSPS) is 9.04. The first-order valence-corrected chi connectivity index (χ1v) is 5.73. The second-order valence-electron chi connectivity index (χ2n) is 4.02. The number of carboxylic acid groups (broad SMARTS) is 2. The van der Waals surface area contributed by atoms with Crippen molar-refractivity contribution in [3.05, 3.63) is 47.5 Å². The van der Waals surface area contributed by atoms with Crippen LogP contribution in [0.2, 0.25) is 0 Å². The molecule has 23 heavy (non-hydrogen) atoms. The van der Waals surface area contributed by atoms with Gasteiger partial charge in [0.25, 0.3) is 0 Å². The van der Waals surface area contributed by atoms with Crippen molar-refractivity contribution in [2.24, 2.45) is 0 Å². The van der Waals surface area contributed by atoms with Crippen LogP contribution in [0, 0.1) is 0 Å². The Balaban J connectivity index is 0.000000403. The Morgan fingerprint density at radius 2 is 0.913 bits per heavy atom. The maximum atomic E-state index is 10.3. The summed E-state index contributed by atoms with van der Waals surface area (Å²) in [5.74, 6) is -3.78. The van der Waals surface area contributed by atoms with Crippen molar-refractivity contribution >= 4 is 41.5 Å². The van der Waals surface area contributed by atoms with Crippen molar-refractivity contribution in [3.63, 3.8) is 0 Å².